The van der Waals surface area contributed by atoms with Crippen molar-refractivity contribution in [3.05, 3.63) is 83.0 Å². The highest BCUT2D eigenvalue weighted by molar-refractivity contribution is 5.94. The molecule has 0 aliphatic carbocycles. The fourth-order valence-electron chi connectivity index (χ4n) is 3.95. The van der Waals surface area contributed by atoms with Gasteiger partial charge in [-0.2, -0.15) is 0 Å². The number of benzene rings is 1. The van der Waals surface area contributed by atoms with Crippen molar-refractivity contribution in [3.63, 3.8) is 0 Å². The fraction of sp³-hybridized carbons (Fsp3) is 0.360. The van der Waals surface area contributed by atoms with Gasteiger partial charge in [0.05, 0.1) is 0 Å². The van der Waals surface area contributed by atoms with Crippen molar-refractivity contribution in [1.29, 1.82) is 0 Å². The lowest BCUT2D eigenvalue weighted by molar-refractivity contribution is 0.0697. The van der Waals surface area contributed by atoms with Gasteiger partial charge in [-0.05, 0) is 48.1 Å². The molecule has 0 saturated carbocycles. The van der Waals surface area contributed by atoms with E-state index in [-0.39, 0.29) is 23.4 Å². The first-order chi connectivity index (χ1) is 15.5. The molecule has 7 heteroatoms. The van der Waals surface area contributed by atoms with Crippen molar-refractivity contribution in [2.75, 3.05) is 13.1 Å². The van der Waals surface area contributed by atoms with Crippen LogP contribution in [0.25, 0.3) is 0 Å². The van der Waals surface area contributed by atoms with Crippen molar-refractivity contribution < 1.29 is 14.1 Å². The van der Waals surface area contributed by atoms with Gasteiger partial charge < -0.3 is 14.7 Å². The molecule has 0 bridgehead atoms. The molecule has 1 N–H and O–H groups in total. The smallest absolute Gasteiger partial charge is 0.273 e. The topological polar surface area (TPSA) is 88.3 Å². The third-order valence-corrected chi connectivity index (χ3v) is 5.87. The highest BCUT2D eigenvalue weighted by atomic mass is 16.5. The summed E-state index contributed by atoms with van der Waals surface area (Å²) in [5.74, 6) is 0.830. The van der Waals surface area contributed by atoms with Crippen LogP contribution in [0.15, 0.2) is 59.4 Å². The maximum absolute atomic E-state index is 13.0. The van der Waals surface area contributed by atoms with Crippen molar-refractivity contribution in [3.8, 4) is 0 Å². The molecule has 4 rings (SSSR count). The Kier molecular flexibility index (Phi) is 6.63. The Morgan fingerprint density at radius 3 is 2.75 bits per heavy atom. The summed E-state index contributed by atoms with van der Waals surface area (Å²) in [5, 5.41) is 6.78. The zero-order valence-electron chi connectivity index (χ0n) is 18.5. The highest BCUT2D eigenvalue weighted by Gasteiger charge is 2.28. The number of carbonyl (C=O) groups is 2. The van der Waals surface area contributed by atoms with Gasteiger partial charge in [-0.15, -0.1) is 0 Å². The van der Waals surface area contributed by atoms with Crippen LogP contribution in [-0.4, -0.2) is 39.9 Å². The van der Waals surface area contributed by atoms with E-state index in [0.29, 0.717) is 36.9 Å². The number of rotatable bonds is 6. The van der Waals surface area contributed by atoms with E-state index in [1.807, 2.05) is 41.3 Å². The summed E-state index contributed by atoms with van der Waals surface area (Å²) in [6.07, 6.45) is 5.17. The molecule has 3 heterocycles. The van der Waals surface area contributed by atoms with E-state index in [9.17, 15) is 9.59 Å². The molecule has 1 aliphatic rings. The van der Waals surface area contributed by atoms with Gasteiger partial charge in [-0.1, -0.05) is 37.2 Å². The van der Waals surface area contributed by atoms with Crippen LogP contribution in [0, 0.1) is 0 Å². The Morgan fingerprint density at radius 1 is 1.22 bits per heavy atom. The first-order valence-electron chi connectivity index (χ1n) is 11.0. The fourth-order valence-corrected chi connectivity index (χ4v) is 3.95. The average molecular weight is 433 g/mol. The molecule has 1 atom stereocenters. The zero-order valence-corrected chi connectivity index (χ0v) is 18.5. The van der Waals surface area contributed by atoms with Crippen LogP contribution in [0.3, 0.4) is 0 Å². The van der Waals surface area contributed by atoms with E-state index in [1.54, 1.807) is 18.5 Å². The van der Waals surface area contributed by atoms with Gasteiger partial charge in [0.25, 0.3) is 11.8 Å². The molecular weight excluding hydrogens is 404 g/mol. The van der Waals surface area contributed by atoms with Crippen LogP contribution in [0.5, 0.6) is 0 Å². The van der Waals surface area contributed by atoms with E-state index >= 15 is 0 Å². The molecule has 1 unspecified atom stereocenters. The van der Waals surface area contributed by atoms with Gasteiger partial charge in [-0.3, -0.25) is 14.6 Å². The number of pyridine rings is 1. The standard InChI is InChI=1S/C25H28N4O3/c1-17(2)19-7-9-20(10-8-19)25(31)29-12-4-6-21(16-29)23-13-22(28-32-23)24(30)27-15-18-5-3-11-26-14-18/h3,5,7-11,13-14,17,21H,4,6,12,15-16H2,1-2H3,(H,27,30). The molecule has 1 fully saturated rings. The zero-order chi connectivity index (χ0) is 22.5. The maximum atomic E-state index is 13.0. The van der Waals surface area contributed by atoms with Gasteiger partial charge in [0, 0.05) is 49.6 Å². The predicted molar refractivity (Wildman–Crippen MR) is 120 cm³/mol. The van der Waals surface area contributed by atoms with E-state index in [2.05, 4.69) is 29.3 Å². The first kappa shape index (κ1) is 21.7. The Bertz CT molecular complexity index is 1060. The van der Waals surface area contributed by atoms with E-state index in [4.69, 9.17) is 4.52 Å². The van der Waals surface area contributed by atoms with E-state index in [0.717, 1.165) is 18.4 Å². The SMILES string of the molecule is CC(C)c1ccc(C(=O)N2CCCC(c3cc(C(=O)NCc4cccnc4)no3)C2)cc1. The van der Waals surface area contributed by atoms with Crippen LogP contribution in [0.1, 0.15) is 76.3 Å². The molecule has 2 aromatic heterocycles. The summed E-state index contributed by atoms with van der Waals surface area (Å²) in [5.41, 5.74) is 3.07. The third kappa shape index (κ3) is 5.04. The van der Waals surface area contributed by atoms with Crippen LogP contribution in [0.2, 0.25) is 0 Å². The number of nitrogens with zero attached hydrogens (tertiary/aromatic N) is 3. The number of carbonyl (C=O) groups excluding carboxylic acids is 2. The second-order valence-corrected chi connectivity index (χ2v) is 8.53. The monoisotopic (exact) mass is 432 g/mol. The lowest BCUT2D eigenvalue weighted by atomic mass is 9.94. The number of amides is 2. The number of aromatic nitrogens is 2. The summed E-state index contributed by atoms with van der Waals surface area (Å²) in [7, 11) is 0. The van der Waals surface area contributed by atoms with Crippen LogP contribution in [0.4, 0.5) is 0 Å². The average Bonchev–Trinajstić information content (AvgIpc) is 3.33. The Morgan fingerprint density at radius 2 is 2.03 bits per heavy atom. The summed E-state index contributed by atoms with van der Waals surface area (Å²) >= 11 is 0. The van der Waals surface area contributed by atoms with Gasteiger partial charge in [0.15, 0.2) is 5.69 Å². The molecule has 1 aromatic carbocycles. The van der Waals surface area contributed by atoms with Gasteiger partial charge >= 0.3 is 0 Å². The number of piperidine rings is 1. The molecule has 0 radical (unpaired) electrons. The summed E-state index contributed by atoms with van der Waals surface area (Å²) < 4.78 is 5.49. The quantitative estimate of drug-likeness (QED) is 0.632. The summed E-state index contributed by atoms with van der Waals surface area (Å²) in [6.45, 7) is 5.91. The number of hydrogen-bond acceptors (Lipinski definition) is 5. The Balaban J connectivity index is 1.37. The Hall–Kier alpha value is -3.48. The molecule has 1 aliphatic heterocycles. The van der Waals surface area contributed by atoms with Crippen molar-refractivity contribution in [1.82, 2.24) is 20.4 Å². The second kappa shape index (κ2) is 9.77. The van der Waals surface area contributed by atoms with Crippen molar-refractivity contribution in [2.45, 2.75) is 45.1 Å². The van der Waals surface area contributed by atoms with Crippen LogP contribution in [-0.2, 0) is 6.54 Å². The largest absolute Gasteiger partial charge is 0.360 e. The summed E-state index contributed by atoms with van der Waals surface area (Å²) in [6, 6.07) is 13.3. The third-order valence-electron chi connectivity index (χ3n) is 5.87. The summed E-state index contributed by atoms with van der Waals surface area (Å²) in [4.78, 5) is 31.3. The minimum absolute atomic E-state index is 0.0232. The molecule has 3 aromatic rings. The van der Waals surface area contributed by atoms with Gasteiger partial charge in [0.1, 0.15) is 5.76 Å². The molecule has 32 heavy (non-hydrogen) atoms. The van der Waals surface area contributed by atoms with Crippen LogP contribution >= 0.6 is 0 Å². The molecule has 2 amide bonds. The second-order valence-electron chi connectivity index (χ2n) is 8.53. The molecular formula is C25H28N4O3. The maximum Gasteiger partial charge on any atom is 0.273 e. The molecule has 0 spiro atoms. The first-order valence-corrected chi connectivity index (χ1v) is 11.0. The lowest BCUT2D eigenvalue weighted by Crippen LogP contribution is -2.39. The molecule has 7 nitrogen and oxygen atoms in total. The van der Waals surface area contributed by atoms with E-state index in [1.165, 1.54) is 5.56 Å². The minimum Gasteiger partial charge on any atom is -0.360 e. The highest BCUT2D eigenvalue weighted by Crippen LogP contribution is 2.28. The van der Waals surface area contributed by atoms with Crippen LogP contribution < -0.4 is 5.32 Å². The van der Waals surface area contributed by atoms with Crippen molar-refractivity contribution in [2.24, 2.45) is 0 Å². The normalized spacial score (nSPS) is 16.2. The lowest BCUT2D eigenvalue weighted by Gasteiger charge is -2.31. The molecule has 166 valence electrons. The minimum atomic E-state index is -0.294. The number of nitrogens with one attached hydrogen (secondary N) is 1. The number of likely N-dealkylation sites (tertiary alicyclic amines) is 1. The number of hydrogen-bond donors (Lipinski definition) is 1. The van der Waals surface area contributed by atoms with E-state index < -0.39 is 0 Å². The van der Waals surface area contributed by atoms with Crippen molar-refractivity contribution >= 4 is 11.8 Å². The predicted octanol–water partition coefficient (Wildman–Crippen LogP) is 4.14. The Labute approximate surface area is 187 Å². The van der Waals surface area contributed by atoms with Gasteiger partial charge in [-0.25, -0.2) is 0 Å². The molecule has 1 saturated heterocycles. The van der Waals surface area contributed by atoms with Gasteiger partial charge in [0.2, 0.25) is 0 Å².